The number of aromatic nitrogens is 1. The van der Waals surface area contributed by atoms with Crippen molar-refractivity contribution >= 4 is 16.6 Å². The molecule has 4 nitrogen and oxygen atoms in total. The van der Waals surface area contributed by atoms with Gasteiger partial charge in [-0.2, -0.15) is 0 Å². The highest BCUT2D eigenvalue weighted by molar-refractivity contribution is 5.78. The zero-order valence-corrected chi connectivity index (χ0v) is 11.7. The molecule has 0 spiro atoms. The third kappa shape index (κ3) is 2.48. The lowest BCUT2D eigenvalue weighted by Gasteiger charge is -2.12. The Morgan fingerprint density at radius 1 is 1.14 bits per heavy atom. The number of anilines is 1. The molecule has 0 atom stereocenters. The average Bonchev–Trinajstić information content (AvgIpc) is 2.51. The van der Waals surface area contributed by atoms with Crippen LogP contribution >= 0.6 is 0 Å². The third-order valence-corrected chi connectivity index (χ3v) is 3.53. The third-order valence-electron chi connectivity index (χ3n) is 3.53. The van der Waals surface area contributed by atoms with Gasteiger partial charge in [0, 0.05) is 24.2 Å². The highest BCUT2D eigenvalue weighted by Gasteiger charge is 2.05. The second-order valence-corrected chi connectivity index (χ2v) is 4.90. The van der Waals surface area contributed by atoms with Crippen molar-refractivity contribution in [3.8, 4) is 5.75 Å². The number of nitrogens with zero attached hydrogens (tertiary/aromatic N) is 1. The predicted molar refractivity (Wildman–Crippen MR) is 84.7 cm³/mol. The Morgan fingerprint density at radius 2 is 1.95 bits per heavy atom. The number of nitrogen functional groups attached to an aromatic ring is 1. The summed E-state index contributed by atoms with van der Waals surface area (Å²) in [6.45, 7) is 0.648. The number of hydrogen-bond donors (Lipinski definition) is 1. The lowest BCUT2D eigenvalue weighted by molar-refractivity contribution is 0.417. The van der Waals surface area contributed by atoms with Crippen molar-refractivity contribution in [2.75, 3.05) is 12.8 Å². The fraction of sp³-hybridized carbons (Fsp3) is 0.118. The van der Waals surface area contributed by atoms with E-state index in [2.05, 4.69) is 0 Å². The van der Waals surface area contributed by atoms with Crippen molar-refractivity contribution in [3.05, 3.63) is 70.5 Å². The molecule has 0 saturated heterocycles. The predicted octanol–water partition coefficient (Wildman–Crippen LogP) is 2.64. The van der Waals surface area contributed by atoms with E-state index >= 15 is 0 Å². The first-order valence-electron chi connectivity index (χ1n) is 6.69. The van der Waals surface area contributed by atoms with Gasteiger partial charge in [-0.1, -0.05) is 18.2 Å². The Bertz CT molecular complexity index is 853. The Hall–Kier alpha value is -2.75. The quantitative estimate of drug-likeness (QED) is 0.750. The van der Waals surface area contributed by atoms with E-state index in [-0.39, 0.29) is 5.43 Å². The second-order valence-electron chi connectivity index (χ2n) is 4.90. The molecule has 0 aliphatic carbocycles. The maximum Gasteiger partial charge on any atom is 0.189 e. The van der Waals surface area contributed by atoms with Crippen molar-refractivity contribution in [1.29, 1.82) is 0 Å². The molecular weight excluding hydrogens is 264 g/mol. The molecule has 0 aliphatic rings. The van der Waals surface area contributed by atoms with Crippen molar-refractivity contribution in [3.63, 3.8) is 0 Å². The lowest BCUT2D eigenvalue weighted by Crippen LogP contribution is -2.09. The van der Waals surface area contributed by atoms with Crippen LogP contribution in [0, 0.1) is 0 Å². The van der Waals surface area contributed by atoms with Crippen LogP contribution in [0.4, 0.5) is 5.69 Å². The van der Waals surface area contributed by atoms with Gasteiger partial charge in [-0.05, 0) is 29.8 Å². The van der Waals surface area contributed by atoms with Crippen LogP contribution in [0.3, 0.4) is 0 Å². The molecule has 4 heteroatoms. The lowest BCUT2D eigenvalue weighted by atomic mass is 10.1. The van der Waals surface area contributed by atoms with Gasteiger partial charge in [0.1, 0.15) is 5.75 Å². The molecule has 0 radical (unpaired) electrons. The molecule has 1 heterocycles. The SMILES string of the molecule is COc1ccc(Cn2ccc(=O)c3ccccc32)cc1N. The highest BCUT2D eigenvalue weighted by atomic mass is 16.5. The number of benzene rings is 2. The average molecular weight is 280 g/mol. The number of ether oxygens (including phenoxy) is 1. The molecule has 0 bridgehead atoms. The summed E-state index contributed by atoms with van der Waals surface area (Å²) in [6, 6.07) is 14.9. The maximum absolute atomic E-state index is 11.9. The molecule has 0 aliphatic heterocycles. The maximum atomic E-state index is 11.9. The molecule has 0 unspecified atom stereocenters. The summed E-state index contributed by atoms with van der Waals surface area (Å²) in [4.78, 5) is 11.9. The van der Waals surface area contributed by atoms with Crippen LogP contribution in [0.1, 0.15) is 5.56 Å². The molecule has 106 valence electrons. The molecule has 3 rings (SSSR count). The summed E-state index contributed by atoms with van der Waals surface area (Å²) in [7, 11) is 1.60. The standard InChI is InChI=1S/C17H16N2O2/c1-21-17-7-6-12(10-14(17)18)11-19-9-8-16(20)13-4-2-3-5-15(13)19/h2-10H,11,18H2,1H3. The van der Waals surface area contributed by atoms with E-state index in [4.69, 9.17) is 10.5 Å². The normalized spacial score (nSPS) is 10.7. The number of nitrogens with two attached hydrogens (primary N) is 1. The first-order chi connectivity index (χ1) is 10.2. The van der Waals surface area contributed by atoms with E-state index in [0.29, 0.717) is 18.0 Å². The minimum absolute atomic E-state index is 0.0381. The minimum atomic E-state index is 0.0381. The zero-order valence-electron chi connectivity index (χ0n) is 11.7. The van der Waals surface area contributed by atoms with Crippen molar-refractivity contribution in [2.24, 2.45) is 0 Å². The van der Waals surface area contributed by atoms with Gasteiger partial charge >= 0.3 is 0 Å². The van der Waals surface area contributed by atoms with Gasteiger partial charge in [0.15, 0.2) is 5.43 Å². The highest BCUT2D eigenvalue weighted by Crippen LogP contribution is 2.23. The monoisotopic (exact) mass is 280 g/mol. The number of methoxy groups -OCH3 is 1. The van der Waals surface area contributed by atoms with Crippen LogP contribution in [-0.4, -0.2) is 11.7 Å². The smallest absolute Gasteiger partial charge is 0.189 e. The largest absolute Gasteiger partial charge is 0.495 e. The molecule has 0 saturated carbocycles. The number of pyridine rings is 1. The Labute approximate surface area is 122 Å². The minimum Gasteiger partial charge on any atom is -0.495 e. The summed E-state index contributed by atoms with van der Waals surface area (Å²) in [5, 5.41) is 0.724. The topological polar surface area (TPSA) is 57.2 Å². The van der Waals surface area contributed by atoms with E-state index in [1.165, 1.54) is 0 Å². The first kappa shape index (κ1) is 13.2. The van der Waals surface area contributed by atoms with E-state index in [9.17, 15) is 4.79 Å². The van der Waals surface area contributed by atoms with Crippen LogP contribution < -0.4 is 15.9 Å². The molecule has 3 aromatic rings. The molecule has 21 heavy (non-hydrogen) atoms. The van der Waals surface area contributed by atoms with Crippen LogP contribution in [-0.2, 0) is 6.54 Å². The van der Waals surface area contributed by atoms with Crippen molar-refractivity contribution in [1.82, 2.24) is 4.57 Å². The molecular formula is C17H16N2O2. The van der Waals surface area contributed by atoms with E-state index in [0.717, 1.165) is 16.5 Å². The summed E-state index contributed by atoms with van der Waals surface area (Å²) in [6.07, 6.45) is 1.81. The molecule has 1 aromatic heterocycles. The molecule has 2 N–H and O–H groups in total. The van der Waals surface area contributed by atoms with Gasteiger partial charge in [0.25, 0.3) is 0 Å². The van der Waals surface area contributed by atoms with Crippen LogP contribution in [0.5, 0.6) is 5.75 Å². The van der Waals surface area contributed by atoms with Crippen LogP contribution in [0.25, 0.3) is 10.9 Å². The van der Waals surface area contributed by atoms with Crippen molar-refractivity contribution in [2.45, 2.75) is 6.54 Å². The zero-order chi connectivity index (χ0) is 14.8. The fourth-order valence-electron chi connectivity index (χ4n) is 2.48. The summed E-state index contributed by atoms with van der Waals surface area (Å²) < 4.78 is 7.20. The Morgan fingerprint density at radius 3 is 2.71 bits per heavy atom. The summed E-state index contributed by atoms with van der Waals surface area (Å²) in [5.41, 5.74) is 8.56. The van der Waals surface area contributed by atoms with Gasteiger partial charge in [0.2, 0.25) is 0 Å². The summed E-state index contributed by atoms with van der Waals surface area (Å²) in [5.74, 6) is 0.670. The van der Waals surface area contributed by atoms with Crippen LogP contribution in [0.2, 0.25) is 0 Å². The molecule has 0 amide bonds. The fourth-order valence-corrected chi connectivity index (χ4v) is 2.48. The second kappa shape index (κ2) is 5.32. The van der Waals surface area contributed by atoms with E-state index in [1.807, 2.05) is 53.2 Å². The van der Waals surface area contributed by atoms with Crippen molar-refractivity contribution < 1.29 is 4.74 Å². The van der Waals surface area contributed by atoms with Gasteiger partial charge in [-0.15, -0.1) is 0 Å². The van der Waals surface area contributed by atoms with E-state index < -0.39 is 0 Å². The first-order valence-corrected chi connectivity index (χ1v) is 6.69. The number of rotatable bonds is 3. The van der Waals surface area contributed by atoms with Gasteiger partial charge in [-0.3, -0.25) is 4.79 Å². The molecule has 2 aromatic carbocycles. The van der Waals surface area contributed by atoms with Gasteiger partial charge < -0.3 is 15.0 Å². The van der Waals surface area contributed by atoms with E-state index in [1.54, 1.807) is 13.2 Å². The Kier molecular flexibility index (Phi) is 3.36. The number of hydrogen-bond acceptors (Lipinski definition) is 3. The number of fused-ring (bicyclic) bond motifs is 1. The van der Waals surface area contributed by atoms with Gasteiger partial charge in [0.05, 0.1) is 18.3 Å². The van der Waals surface area contributed by atoms with Gasteiger partial charge in [-0.25, -0.2) is 0 Å². The van der Waals surface area contributed by atoms with Crippen LogP contribution in [0.15, 0.2) is 59.5 Å². The Balaban J connectivity index is 2.04. The molecule has 0 fully saturated rings. The number of para-hydroxylation sites is 1. The summed E-state index contributed by atoms with van der Waals surface area (Å²) >= 11 is 0.